The third kappa shape index (κ3) is 2.41. The first-order valence-electron chi connectivity index (χ1n) is 3.95. The smallest absolute Gasteiger partial charge is 0.0576 e. The van der Waals surface area contributed by atoms with Crippen molar-refractivity contribution in [3.05, 3.63) is 0 Å². The summed E-state index contributed by atoms with van der Waals surface area (Å²) in [6.45, 7) is 6.20. The SMILES string of the molecule is CC#CCNCC1CC1C. The molecule has 0 aromatic heterocycles. The first-order valence-corrected chi connectivity index (χ1v) is 3.95. The lowest BCUT2D eigenvalue weighted by Crippen LogP contribution is -2.17. The Hall–Kier alpha value is -0.480. The maximum Gasteiger partial charge on any atom is 0.0576 e. The molecule has 2 atom stereocenters. The molecule has 10 heavy (non-hydrogen) atoms. The van der Waals surface area contributed by atoms with Crippen LogP contribution in [0.2, 0.25) is 0 Å². The molecule has 0 aliphatic heterocycles. The molecule has 1 aliphatic carbocycles. The van der Waals surface area contributed by atoms with Crippen LogP contribution in [-0.4, -0.2) is 13.1 Å². The first kappa shape index (κ1) is 7.63. The highest BCUT2D eigenvalue weighted by Crippen LogP contribution is 2.36. The molecule has 0 heterocycles. The Bertz CT molecular complexity index is 152. The summed E-state index contributed by atoms with van der Waals surface area (Å²) in [4.78, 5) is 0. The van der Waals surface area contributed by atoms with Gasteiger partial charge in [0.2, 0.25) is 0 Å². The van der Waals surface area contributed by atoms with Gasteiger partial charge in [0.25, 0.3) is 0 Å². The van der Waals surface area contributed by atoms with E-state index in [9.17, 15) is 0 Å². The van der Waals surface area contributed by atoms with E-state index in [1.54, 1.807) is 0 Å². The Morgan fingerprint density at radius 1 is 1.60 bits per heavy atom. The fourth-order valence-electron chi connectivity index (χ4n) is 1.09. The minimum absolute atomic E-state index is 0.861. The molecule has 0 aromatic rings. The van der Waals surface area contributed by atoms with Crippen molar-refractivity contribution in [3.8, 4) is 11.8 Å². The number of nitrogens with one attached hydrogen (secondary N) is 1. The van der Waals surface area contributed by atoms with Crippen molar-refractivity contribution in [2.45, 2.75) is 20.3 Å². The van der Waals surface area contributed by atoms with Crippen LogP contribution in [0.5, 0.6) is 0 Å². The monoisotopic (exact) mass is 137 g/mol. The van der Waals surface area contributed by atoms with Gasteiger partial charge in [-0.25, -0.2) is 0 Å². The lowest BCUT2D eigenvalue weighted by molar-refractivity contribution is 0.651. The second kappa shape index (κ2) is 3.63. The molecule has 1 heteroatoms. The van der Waals surface area contributed by atoms with Crippen LogP contribution in [0.1, 0.15) is 20.3 Å². The van der Waals surface area contributed by atoms with E-state index in [0.717, 1.165) is 24.9 Å². The van der Waals surface area contributed by atoms with Gasteiger partial charge in [-0.15, -0.1) is 5.92 Å². The molecule has 1 rings (SSSR count). The van der Waals surface area contributed by atoms with Gasteiger partial charge in [-0.05, 0) is 31.7 Å². The molecule has 1 aliphatic rings. The van der Waals surface area contributed by atoms with Gasteiger partial charge in [-0.3, -0.25) is 0 Å². The summed E-state index contributed by atoms with van der Waals surface area (Å²) in [7, 11) is 0. The lowest BCUT2D eigenvalue weighted by atomic mass is 10.3. The third-order valence-corrected chi connectivity index (χ3v) is 2.07. The average molecular weight is 137 g/mol. The van der Waals surface area contributed by atoms with Crippen molar-refractivity contribution < 1.29 is 0 Å². The van der Waals surface area contributed by atoms with E-state index >= 15 is 0 Å². The second-order valence-electron chi connectivity index (χ2n) is 3.03. The molecule has 0 aromatic carbocycles. The van der Waals surface area contributed by atoms with Gasteiger partial charge in [-0.2, -0.15) is 0 Å². The van der Waals surface area contributed by atoms with Crippen molar-refractivity contribution in [1.29, 1.82) is 0 Å². The van der Waals surface area contributed by atoms with E-state index in [4.69, 9.17) is 0 Å². The third-order valence-electron chi connectivity index (χ3n) is 2.07. The molecule has 0 spiro atoms. The fraction of sp³-hybridized carbons (Fsp3) is 0.778. The highest BCUT2D eigenvalue weighted by molar-refractivity contribution is 4.97. The first-order chi connectivity index (χ1) is 4.84. The minimum Gasteiger partial charge on any atom is -0.306 e. The van der Waals surface area contributed by atoms with Crippen LogP contribution in [-0.2, 0) is 0 Å². The summed E-state index contributed by atoms with van der Waals surface area (Å²) in [6.07, 6.45) is 1.41. The highest BCUT2D eigenvalue weighted by Gasteiger charge is 2.31. The van der Waals surface area contributed by atoms with E-state index in [0.29, 0.717) is 0 Å². The quantitative estimate of drug-likeness (QED) is 0.456. The maximum atomic E-state index is 3.31. The predicted molar refractivity (Wildman–Crippen MR) is 43.6 cm³/mol. The summed E-state index contributed by atoms with van der Waals surface area (Å²) in [5.74, 6) is 7.75. The lowest BCUT2D eigenvalue weighted by Gasteiger charge is -1.95. The molecule has 1 fully saturated rings. The summed E-state index contributed by atoms with van der Waals surface area (Å²) < 4.78 is 0. The number of hydrogen-bond donors (Lipinski definition) is 1. The van der Waals surface area contributed by atoms with Crippen molar-refractivity contribution in [3.63, 3.8) is 0 Å². The van der Waals surface area contributed by atoms with E-state index in [1.165, 1.54) is 6.42 Å². The van der Waals surface area contributed by atoms with Gasteiger partial charge in [0, 0.05) is 0 Å². The van der Waals surface area contributed by atoms with E-state index in [2.05, 4.69) is 24.1 Å². The minimum atomic E-state index is 0.861. The van der Waals surface area contributed by atoms with Crippen molar-refractivity contribution in [2.24, 2.45) is 11.8 Å². The highest BCUT2D eigenvalue weighted by atomic mass is 14.9. The zero-order chi connectivity index (χ0) is 7.40. The topological polar surface area (TPSA) is 12.0 Å². The van der Waals surface area contributed by atoms with Crippen LogP contribution in [0.25, 0.3) is 0 Å². The van der Waals surface area contributed by atoms with Crippen molar-refractivity contribution in [1.82, 2.24) is 5.32 Å². The van der Waals surface area contributed by atoms with E-state index < -0.39 is 0 Å². The van der Waals surface area contributed by atoms with Gasteiger partial charge >= 0.3 is 0 Å². The Labute approximate surface area is 63.2 Å². The molecule has 0 radical (unpaired) electrons. The van der Waals surface area contributed by atoms with Crippen LogP contribution in [0, 0.1) is 23.7 Å². The fourth-order valence-corrected chi connectivity index (χ4v) is 1.09. The van der Waals surface area contributed by atoms with E-state index in [-0.39, 0.29) is 0 Å². The van der Waals surface area contributed by atoms with Crippen molar-refractivity contribution in [2.75, 3.05) is 13.1 Å². The second-order valence-corrected chi connectivity index (χ2v) is 3.03. The molecule has 2 unspecified atom stereocenters. The zero-order valence-corrected chi connectivity index (χ0v) is 6.78. The summed E-state index contributed by atoms with van der Waals surface area (Å²) in [5, 5.41) is 3.31. The maximum absolute atomic E-state index is 3.31. The predicted octanol–water partition coefficient (Wildman–Crippen LogP) is 1.26. The molecule has 0 saturated heterocycles. The Morgan fingerprint density at radius 3 is 2.80 bits per heavy atom. The number of rotatable bonds is 3. The largest absolute Gasteiger partial charge is 0.306 e. The normalized spacial score (nSPS) is 29.0. The van der Waals surface area contributed by atoms with Gasteiger partial charge in [0.1, 0.15) is 0 Å². The van der Waals surface area contributed by atoms with Crippen LogP contribution in [0.15, 0.2) is 0 Å². The molecule has 1 nitrogen and oxygen atoms in total. The Kier molecular flexibility index (Phi) is 2.77. The van der Waals surface area contributed by atoms with E-state index in [1.807, 2.05) is 6.92 Å². The standard InChI is InChI=1S/C9H15N/c1-3-4-5-10-7-9-6-8(9)2/h8-10H,5-7H2,1-2H3. The number of hydrogen-bond acceptors (Lipinski definition) is 1. The molecular formula is C9H15N. The zero-order valence-electron chi connectivity index (χ0n) is 6.78. The van der Waals surface area contributed by atoms with Gasteiger partial charge in [0.05, 0.1) is 6.54 Å². The van der Waals surface area contributed by atoms with Crippen LogP contribution < -0.4 is 5.32 Å². The van der Waals surface area contributed by atoms with Gasteiger partial charge in [0.15, 0.2) is 0 Å². The summed E-state index contributed by atoms with van der Waals surface area (Å²) in [6, 6.07) is 0. The summed E-state index contributed by atoms with van der Waals surface area (Å²) in [5.41, 5.74) is 0. The molecular weight excluding hydrogens is 122 g/mol. The molecule has 56 valence electrons. The molecule has 1 N–H and O–H groups in total. The van der Waals surface area contributed by atoms with Crippen LogP contribution >= 0.6 is 0 Å². The van der Waals surface area contributed by atoms with Gasteiger partial charge in [-0.1, -0.05) is 12.8 Å². The molecule has 0 bridgehead atoms. The Balaban J connectivity index is 1.90. The van der Waals surface area contributed by atoms with Crippen LogP contribution in [0.4, 0.5) is 0 Å². The Morgan fingerprint density at radius 2 is 2.30 bits per heavy atom. The van der Waals surface area contributed by atoms with Gasteiger partial charge < -0.3 is 5.32 Å². The molecule has 0 amide bonds. The van der Waals surface area contributed by atoms with Crippen molar-refractivity contribution >= 4 is 0 Å². The van der Waals surface area contributed by atoms with Crippen LogP contribution in [0.3, 0.4) is 0 Å². The summed E-state index contributed by atoms with van der Waals surface area (Å²) >= 11 is 0. The average Bonchev–Trinajstić information content (AvgIpc) is 2.60. The molecule has 1 saturated carbocycles.